The molecule has 0 saturated heterocycles. The molecule has 10 heavy (non-hydrogen) atoms. The molecule has 1 heteroatoms. The zero-order valence-electron chi connectivity index (χ0n) is 6.91. The second-order valence-electron chi connectivity index (χ2n) is 3.02. The highest BCUT2D eigenvalue weighted by Crippen LogP contribution is 2.25. The molecule has 0 fully saturated rings. The van der Waals surface area contributed by atoms with Crippen molar-refractivity contribution in [1.29, 1.82) is 0 Å². The van der Waals surface area contributed by atoms with Gasteiger partial charge in [-0.05, 0) is 12.8 Å². The molecular weight excluding hydrogens is 119 g/mol. The first-order valence-electron chi connectivity index (χ1n) is 3.95. The Morgan fingerprint density at radius 2 is 2.30 bits per heavy atom. The minimum atomic E-state index is 1.12. The van der Waals surface area contributed by atoms with Crippen LogP contribution in [0.3, 0.4) is 0 Å². The fourth-order valence-electron chi connectivity index (χ4n) is 1.46. The van der Waals surface area contributed by atoms with E-state index < -0.39 is 0 Å². The molecular formula is C9H14B. The number of hydrogen-bond donors (Lipinski definition) is 0. The molecule has 0 aromatic rings. The fraction of sp³-hybridized carbons (Fsp3) is 0.556. The third-order valence-corrected chi connectivity index (χ3v) is 1.97. The summed E-state index contributed by atoms with van der Waals surface area (Å²) in [6.07, 6.45) is 3.63. The normalized spacial score (nSPS) is 18.0. The second-order valence-corrected chi connectivity index (χ2v) is 3.02. The molecule has 0 nitrogen and oxygen atoms in total. The lowest BCUT2D eigenvalue weighted by Gasteiger charge is -1.99. The third kappa shape index (κ3) is 1.53. The van der Waals surface area contributed by atoms with E-state index in [0.29, 0.717) is 0 Å². The van der Waals surface area contributed by atoms with Gasteiger partial charge in [-0.25, -0.2) is 0 Å². The molecule has 0 amide bonds. The first-order chi connectivity index (χ1) is 4.74. The standard InChI is InChI=1S/C9H14B/c1-4-5-9-6-7(2)10-8(9)3/h2,4-6H2,1,3H3. The molecule has 1 aliphatic heterocycles. The van der Waals surface area contributed by atoms with Gasteiger partial charge in [0.2, 0.25) is 0 Å². The molecule has 0 N–H and O–H groups in total. The van der Waals surface area contributed by atoms with E-state index in [2.05, 4.69) is 27.7 Å². The van der Waals surface area contributed by atoms with Crippen molar-refractivity contribution in [2.24, 2.45) is 0 Å². The molecule has 0 atom stereocenters. The van der Waals surface area contributed by atoms with Crippen molar-refractivity contribution in [2.45, 2.75) is 33.1 Å². The Balaban J connectivity index is 2.57. The van der Waals surface area contributed by atoms with Gasteiger partial charge in [0.15, 0.2) is 7.28 Å². The monoisotopic (exact) mass is 133 g/mol. The van der Waals surface area contributed by atoms with Crippen molar-refractivity contribution in [1.82, 2.24) is 0 Å². The average Bonchev–Trinajstić information content (AvgIpc) is 2.13. The van der Waals surface area contributed by atoms with Crippen LogP contribution in [0.5, 0.6) is 0 Å². The fourth-order valence-corrected chi connectivity index (χ4v) is 1.46. The minimum absolute atomic E-state index is 1.12. The Morgan fingerprint density at radius 1 is 1.60 bits per heavy atom. The molecule has 0 bridgehead atoms. The highest BCUT2D eigenvalue weighted by atomic mass is 14.1. The van der Waals surface area contributed by atoms with Crippen molar-refractivity contribution < 1.29 is 0 Å². The van der Waals surface area contributed by atoms with Crippen molar-refractivity contribution in [3.63, 3.8) is 0 Å². The Hall–Kier alpha value is -0.455. The van der Waals surface area contributed by atoms with Crippen LogP contribution >= 0.6 is 0 Å². The molecule has 0 saturated carbocycles. The Labute approximate surface area is 64.3 Å². The van der Waals surface area contributed by atoms with Gasteiger partial charge in [0, 0.05) is 0 Å². The smallest absolute Gasteiger partial charge is 0.108 e. The Bertz CT molecular complexity index is 177. The van der Waals surface area contributed by atoms with Gasteiger partial charge in [0.1, 0.15) is 0 Å². The summed E-state index contributed by atoms with van der Waals surface area (Å²) in [6.45, 7) is 8.35. The minimum Gasteiger partial charge on any atom is -0.108 e. The number of rotatable bonds is 2. The Morgan fingerprint density at radius 3 is 2.70 bits per heavy atom. The first-order valence-corrected chi connectivity index (χ1v) is 3.95. The average molecular weight is 133 g/mol. The summed E-state index contributed by atoms with van der Waals surface area (Å²) in [7, 11) is 2.20. The summed E-state index contributed by atoms with van der Waals surface area (Å²) in [4.78, 5) is 0. The zero-order valence-corrected chi connectivity index (χ0v) is 6.91. The van der Waals surface area contributed by atoms with Gasteiger partial charge in [-0.1, -0.05) is 25.8 Å². The summed E-state index contributed by atoms with van der Waals surface area (Å²) in [5.41, 5.74) is 4.32. The van der Waals surface area contributed by atoms with E-state index in [9.17, 15) is 0 Å². The third-order valence-electron chi connectivity index (χ3n) is 1.97. The summed E-state index contributed by atoms with van der Waals surface area (Å²) >= 11 is 0. The van der Waals surface area contributed by atoms with Crippen LogP contribution in [0.25, 0.3) is 0 Å². The van der Waals surface area contributed by atoms with Crippen molar-refractivity contribution in [3.8, 4) is 0 Å². The maximum atomic E-state index is 3.94. The van der Waals surface area contributed by atoms with Gasteiger partial charge in [0.25, 0.3) is 0 Å². The SMILES string of the molecule is C=C1[B]C(C)=C(CCC)C1. The maximum Gasteiger partial charge on any atom is 0.179 e. The quantitative estimate of drug-likeness (QED) is 0.508. The number of allylic oxidation sites excluding steroid dienone is 3. The van der Waals surface area contributed by atoms with Crippen LogP contribution in [0.2, 0.25) is 0 Å². The molecule has 0 spiro atoms. The molecule has 1 aliphatic rings. The van der Waals surface area contributed by atoms with Gasteiger partial charge < -0.3 is 0 Å². The van der Waals surface area contributed by atoms with Crippen LogP contribution in [0, 0.1) is 0 Å². The zero-order chi connectivity index (χ0) is 7.56. The molecule has 1 radical (unpaired) electrons. The van der Waals surface area contributed by atoms with Gasteiger partial charge in [0.05, 0.1) is 0 Å². The molecule has 53 valence electrons. The largest absolute Gasteiger partial charge is 0.179 e. The van der Waals surface area contributed by atoms with Crippen molar-refractivity contribution in [3.05, 3.63) is 23.1 Å². The molecule has 1 rings (SSSR count). The van der Waals surface area contributed by atoms with E-state index in [1.807, 2.05) is 0 Å². The van der Waals surface area contributed by atoms with E-state index in [0.717, 1.165) is 6.42 Å². The molecule has 0 aromatic heterocycles. The van der Waals surface area contributed by atoms with Crippen LogP contribution in [-0.2, 0) is 0 Å². The second kappa shape index (κ2) is 3.09. The van der Waals surface area contributed by atoms with Gasteiger partial charge in [-0.3, -0.25) is 0 Å². The van der Waals surface area contributed by atoms with Crippen molar-refractivity contribution in [2.75, 3.05) is 0 Å². The summed E-state index contributed by atoms with van der Waals surface area (Å²) in [5, 5.41) is 0. The lowest BCUT2D eigenvalue weighted by atomic mass is 9.68. The van der Waals surface area contributed by atoms with Gasteiger partial charge in [-0.15, -0.1) is 17.5 Å². The summed E-state index contributed by atoms with van der Waals surface area (Å²) in [6, 6.07) is 0. The molecule has 0 aromatic carbocycles. The van der Waals surface area contributed by atoms with Crippen LogP contribution in [0.1, 0.15) is 33.1 Å². The highest BCUT2D eigenvalue weighted by Gasteiger charge is 2.13. The Kier molecular flexibility index (Phi) is 2.36. The summed E-state index contributed by atoms with van der Waals surface area (Å²) < 4.78 is 0. The number of hydrogen-bond acceptors (Lipinski definition) is 0. The molecule has 0 aliphatic carbocycles. The lowest BCUT2D eigenvalue weighted by Crippen LogP contribution is -1.86. The van der Waals surface area contributed by atoms with Crippen LogP contribution in [0.15, 0.2) is 23.1 Å². The topological polar surface area (TPSA) is 0 Å². The van der Waals surface area contributed by atoms with E-state index >= 15 is 0 Å². The predicted octanol–water partition coefficient (Wildman–Crippen LogP) is 2.68. The van der Waals surface area contributed by atoms with Gasteiger partial charge in [-0.2, -0.15) is 0 Å². The first kappa shape index (κ1) is 7.65. The van der Waals surface area contributed by atoms with Crippen LogP contribution < -0.4 is 0 Å². The van der Waals surface area contributed by atoms with Crippen molar-refractivity contribution >= 4 is 7.28 Å². The van der Waals surface area contributed by atoms with Crippen LogP contribution in [-0.4, -0.2) is 7.28 Å². The summed E-state index contributed by atoms with van der Waals surface area (Å²) in [5.74, 6) is 0. The van der Waals surface area contributed by atoms with Crippen LogP contribution in [0.4, 0.5) is 0 Å². The van der Waals surface area contributed by atoms with E-state index in [1.165, 1.54) is 23.8 Å². The predicted molar refractivity (Wildman–Crippen MR) is 47.1 cm³/mol. The highest BCUT2D eigenvalue weighted by molar-refractivity contribution is 6.55. The maximum absolute atomic E-state index is 3.94. The van der Waals surface area contributed by atoms with Gasteiger partial charge >= 0.3 is 0 Å². The molecule has 0 unspecified atom stereocenters. The molecule has 1 heterocycles. The lowest BCUT2D eigenvalue weighted by molar-refractivity contribution is 0.877. The van der Waals surface area contributed by atoms with E-state index in [4.69, 9.17) is 0 Å². The van der Waals surface area contributed by atoms with E-state index in [1.54, 1.807) is 5.57 Å². The van der Waals surface area contributed by atoms with E-state index in [-0.39, 0.29) is 0 Å².